The normalized spacial score (nSPS) is 37.2. The summed E-state index contributed by atoms with van der Waals surface area (Å²) in [5.41, 5.74) is 0. The van der Waals surface area contributed by atoms with Gasteiger partial charge in [0.1, 0.15) is 0 Å². The van der Waals surface area contributed by atoms with Gasteiger partial charge in [0.05, 0.1) is 0 Å². The van der Waals surface area contributed by atoms with Crippen molar-refractivity contribution in [2.24, 2.45) is 17.8 Å². The fourth-order valence-electron chi connectivity index (χ4n) is 2.34. The molecule has 0 saturated heterocycles. The molecule has 2 rings (SSSR count). The van der Waals surface area contributed by atoms with E-state index in [1.165, 1.54) is 6.92 Å². The highest BCUT2D eigenvalue weighted by atomic mass is 16.2. The summed E-state index contributed by atoms with van der Waals surface area (Å²) in [6.45, 7) is 1.37. The van der Waals surface area contributed by atoms with E-state index < -0.39 is 0 Å². The van der Waals surface area contributed by atoms with Gasteiger partial charge in [-0.05, 0) is 24.7 Å². The number of Topliss-reactive ketones (excluding diaryl/α,β-unsaturated/α-hetero) is 2. The smallest absolute Gasteiger partial charge is 0.201 e. The van der Waals surface area contributed by atoms with E-state index in [0.717, 1.165) is 12.8 Å². The second-order valence-corrected chi connectivity index (χ2v) is 3.81. The molecule has 0 aromatic heterocycles. The quantitative estimate of drug-likeness (QED) is 0.456. The molecule has 0 radical (unpaired) electrons. The molecular weight excluding hydrogens is 152 g/mol. The fraction of sp³-hybridized carbons (Fsp3) is 0.600. The van der Waals surface area contributed by atoms with Crippen LogP contribution in [0, 0.1) is 17.8 Å². The van der Waals surface area contributed by atoms with Gasteiger partial charge in [0, 0.05) is 12.8 Å². The summed E-state index contributed by atoms with van der Waals surface area (Å²) in [5, 5.41) is 0. The van der Waals surface area contributed by atoms with Crippen LogP contribution >= 0.6 is 0 Å². The number of ketones is 2. The van der Waals surface area contributed by atoms with E-state index in [-0.39, 0.29) is 17.5 Å². The summed E-state index contributed by atoms with van der Waals surface area (Å²) in [6.07, 6.45) is 6.26. The van der Waals surface area contributed by atoms with Gasteiger partial charge >= 0.3 is 0 Å². The van der Waals surface area contributed by atoms with Crippen LogP contribution in [0.1, 0.15) is 19.8 Å². The number of hydrogen-bond acceptors (Lipinski definition) is 2. The number of allylic oxidation sites excluding steroid dienone is 2. The lowest BCUT2D eigenvalue weighted by Crippen LogP contribution is -2.24. The first-order chi connectivity index (χ1) is 5.68. The van der Waals surface area contributed by atoms with Gasteiger partial charge in [-0.25, -0.2) is 0 Å². The van der Waals surface area contributed by atoms with Crippen molar-refractivity contribution >= 4 is 11.6 Å². The zero-order valence-corrected chi connectivity index (χ0v) is 7.12. The first-order valence-corrected chi connectivity index (χ1v) is 4.41. The zero-order chi connectivity index (χ0) is 8.72. The van der Waals surface area contributed by atoms with Crippen LogP contribution in [0.3, 0.4) is 0 Å². The van der Waals surface area contributed by atoms with Gasteiger partial charge in [0.25, 0.3) is 0 Å². The second-order valence-electron chi connectivity index (χ2n) is 3.81. The largest absolute Gasteiger partial charge is 0.291 e. The summed E-state index contributed by atoms with van der Waals surface area (Å²) in [4.78, 5) is 22.2. The molecule has 1 saturated carbocycles. The SMILES string of the molecule is CC(=O)C(=O)[C@H]1C[C@@H]2C=C[C@H]1C2. The highest BCUT2D eigenvalue weighted by molar-refractivity contribution is 6.37. The molecule has 0 N–H and O–H groups in total. The third kappa shape index (κ3) is 1.02. The Bertz CT molecular complexity index is 265. The van der Waals surface area contributed by atoms with Gasteiger partial charge in [-0.15, -0.1) is 0 Å². The highest BCUT2D eigenvalue weighted by Crippen LogP contribution is 2.43. The van der Waals surface area contributed by atoms with Gasteiger partial charge in [0.2, 0.25) is 5.78 Å². The lowest BCUT2D eigenvalue weighted by molar-refractivity contribution is -0.138. The van der Waals surface area contributed by atoms with Gasteiger partial charge in [0.15, 0.2) is 5.78 Å². The van der Waals surface area contributed by atoms with E-state index >= 15 is 0 Å². The van der Waals surface area contributed by atoms with Gasteiger partial charge in [-0.1, -0.05) is 12.2 Å². The molecule has 2 bridgehead atoms. The molecule has 0 spiro atoms. The van der Waals surface area contributed by atoms with E-state index in [4.69, 9.17) is 0 Å². The Kier molecular flexibility index (Phi) is 1.63. The van der Waals surface area contributed by atoms with Crippen LogP contribution in [0.15, 0.2) is 12.2 Å². The summed E-state index contributed by atoms with van der Waals surface area (Å²) in [7, 11) is 0. The van der Waals surface area contributed by atoms with Crippen LogP contribution < -0.4 is 0 Å². The molecule has 2 heteroatoms. The lowest BCUT2D eigenvalue weighted by atomic mass is 9.88. The lowest BCUT2D eigenvalue weighted by Gasteiger charge is -2.14. The average molecular weight is 164 g/mol. The third-order valence-electron chi connectivity index (χ3n) is 2.96. The average Bonchev–Trinajstić information content (AvgIpc) is 2.62. The molecule has 3 atom stereocenters. The fourth-order valence-corrected chi connectivity index (χ4v) is 2.34. The van der Waals surface area contributed by atoms with Crippen molar-refractivity contribution in [1.29, 1.82) is 0 Å². The molecule has 2 aliphatic rings. The number of carbonyl (C=O) groups excluding carboxylic acids is 2. The first kappa shape index (κ1) is 7.71. The summed E-state index contributed by atoms with van der Waals surface area (Å²) < 4.78 is 0. The van der Waals surface area contributed by atoms with Gasteiger partial charge in [-0.3, -0.25) is 9.59 Å². The van der Waals surface area contributed by atoms with Crippen LogP contribution in [0.4, 0.5) is 0 Å². The van der Waals surface area contributed by atoms with E-state index in [0.29, 0.717) is 11.8 Å². The second kappa shape index (κ2) is 2.54. The molecule has 12 heavy (non-hydrogen) atoms. The molecule has 0 aliphatic heterocycles. The van der Waals surface area contributed by atoms with Crippen molar-refractivity contribution in [3.8, 4) is 0 Å². The molecule has 0 aromatic carbocycles. The van der Waals surface area contributed by atoms with Crippen LogP contribution in [0.25, 0.3) is 0 Å². The zero-order valence-electron chi connectivity index (χ0n) is 7.12. The molecule has 64 valence electrons. The highest BCUT2D eigenvalue weighted by Gasteiger charge is 2.40. The van der Waals surface area contributed by atoms with E-state index in [9.17, 15) is 9.59 Å². The maximum atomic E-state index is 11.4. The minimum Gasteiger partial charge on any atom is -0.291 e. The van der Waals surface area contributed by atoms with E-state index in [1.54, 1.807) is 0 Å². The Labute approximate surface area is 71.6 Å². The molecule has 2 nitrogen and oxygen atoms in total. The Morgan fingerprint density at radius 2 is 2.00 bits per heavy atom. The number of carbonyl (C=O) groups is 2. The molecule has 0 unspecified atom stereocenters. The van der Waals surface area contributed by atoms with Gasteiger partial charge in [-0.2, -0.15) is 0 Å². The predicted octanol–water partition coefficient (Wildman–Crippen LogP) is 1.36. The first-order valence-electron chi connectivity index (χ1n) is 4.41. The standard InChI is InChI=1S/C10H12O2/c1-6(11)10(12)9-5-7-2-3-8(9)4-7/h2-3,7-9H,4-5H2,1H3/t7-,8+,9+/m1/s1. The third-order valence-corrected chi connectivity index (χ3v) is 2.96. The van der Waals surface area contributed by atoms with Crippen molar-refractivity contribution in [2.75, 3.05) is 0 Å². The number of rotatable bonds is 2. The summed E-state index contributed by atoms with van der Waals surface area (Å²) in [5.74, 6) is 0.514. The number of fused-ring (bicyclic) bond motifs is 2. The van der Waals surface area contributed by atoms with Crippen molar-refractivity contribution in [2.45, 2.75) is 19.8 Å². The van der Waals surface area contributed by atoms with Crippen molar-refractivity contribution < 1.29 is 9.59 Å². The summed E-state index contributed by atoms with van der Waals surface area (Å²) in [6, 6.07) is 0. The molecule has 2 aliphatic carbocycles. The molecule has 0 amide bonds. The topological polar surface area (TPSA) is 34.1 Å². The number of hydrogen-bond donors (Lipinski definition) is 0. The maximum absolute atomic E-state index is 11.4. The van der Waals surface area contributed by atoms with Crippen LogP contribution in [0.2, 0.25) is 0 Å². The Hall–Kier alpha value is -0.920. The molecule has 0 aromatic rings. The minimum absolute atomic E-state index is 0.0116. The maximum Gasteiger partial charge on any atom is 0.201 e. The molecular formula is C10H12O2. The van der Waals surface area contributed by atoms with Crippen LogP contribution in [0.5, 0.6) is 0 Å². The van der Waals surface area contributed by atoms with E-state index in [1.807, 2.05) is 0 Å². The predicted molar refractivity (Wildman–Crippen MR) is 44.5 cm³/mol. The van der Waals surface area contributed by atoms with E-state index in [2.05, 4.69) is 12.2 Å². The van der Waals surface area contributed by atoms with Crippen LogP contribution in [-0.2, 0) is 9.59 Å². The summed E-state index contributed by atoms with van der Waals surface area (Å²) >= 11 is 0. The molecule has 1 fully saturated rings. The monoisotopic (exact) mass is 164 g/mol. The Balaban J connectivity index is 2.13. The Morgan fingerprint density at radius 3 is 2.42 bits per heavy atom. The van der Waals surface area contributed by atoms with Crippen molar-refractivity contribution in [1.82, 2.24) is 0 Å². The minimum atomic E-state index is -0.277. The van der Waals surface area contributed by atoms with Crippen molar-refractivity contribution in [3.05, 3.63) is 12.2 Å². The van der Waals surface area contributed by atoms with Crippen molar-refractivity contribution in [3.63, 3.8) is 0 Å². The molecule has 0 heterocycles. The van der Waals surface area contributed by atoms with Gasteiger partial charge < -0.3 is 0 Å². The van der Waals surface area contributed by atoms with Crippen LogP contribution in [-0.4, -0.2) is 11.6 Å². The Morgan fingerprint density at radius 1 is 1.25 bits per heavy atom.